The zero-order valence-electron chi connectivity index (χ0n) is 10.7. The van der Waals surface area contributed by atoms with E-state index in [0.717, 1.165) is 24.5 Å². The van der Waals surface area contributed by atoms with Crippen molar-refractivity contribution in [1.82, 2.24) is 10.3 Å². The summed E-state index contributed by atoms with van der Waals surface area (Å²) in [6.45, 7) is 5.55. The molecule has 1 aromatic rings. The molecule has 1 fully saturated rings. The van der Waals surface area contributed by atoms with Crippen molar-refractivity contribution in [2.75, 3.05) is 19.0 Å². The first-order valence-electron chi connectivity index (χ1n) is 6.19. The Morgan fingerprint density at radius 3 is 2.88 bits per heavy atom. The molecule has 0 aliphatic carbocycles. The Hall–Kier alpha value is -1.29. The van der Waals surface area contributed by atoms with Gasteiger partial charge in [-0.3, -0.25) is 0 Å². The highest BCUT2D eigenvalue weighted by Crippen LogP contribution is 2.20. The maximum Gasteiger partial charge on any atom is 0.137 e. The standard InChI is InChI=1S/C13H21N3O/c1-9-7-14-10(2)6-12(9)16-13-5-4-11(17-3)8-15-13/h4-5,8-10,12,14H,6-7H2,1-3H3,(H,15,16)/t9-,10+,12-/m1/s1. The third kappa shape index (κ3) is 3.09. The van der Waals surface area contributed by atoms with Crippen LogP contribution in [-0.2, 0) is 0 Å². The van der Waals surface area contributed by atoms with Gasteiger partial charge in [0.05, 0.1) is 13.3 Å². The van der Waals surface area contributed by atoms with E-state index in [4.69, 9.17) is 4.74 Å². The topological polar surface area (TPSA) is 46.2 Å². The lowest BCUT2D eigenvalue weighted by Crippen LogP contribution is -2.47. The zero-order valence-corrected chi connectivity index (χ0v) is 10.7. The fourth-order valence-electron chi connectivity index (χ4n) is 2.20. The predicted molar refractivity (Wildman–Crippen MR) is 69.4 cm³/mol. The first-order chi connectivity index (χ1) is 8.19. The molecule has 2 heterocycles. The van der Waals surface area contributed by atoms with Crippen LogP contribution >= 0.6 is 0 Å². The van der Waals surface area contributed by atoms with E-state index in [1.807, 2.05) is 12.1 Å². The number of aromatic nitrogens is 1. The van der Waals surface area contributed by atoms with Gasteiger partial charge in [-0.25, -0.2) is 4.98 Å². The monoisotopic (exact) mass is 235 g/mol. The summed E-state index contributed by atoms with van der Waals surface area (Å²) in [5.74, 6) is 2.34. The van der Waals surface area contributed by atoms with Crippen LogP contribution in [0.4, 0.5) is 5.82 Å². The molecule has 17 heavy (non-hydrogen) atoms. The summed E-state index contributed by atoms with van der Waals surface area (Å²) in [6.07, 6.45) is 2.88. The van der Waals surface area contributed by atoms with Crippen molar-refractivity contribution in [2.45, 2.75) is 32.4 Å². The van der Waals surface area contributed by atoms with Crippen molar-refractivity contribution in [3.8, 4) is 5.75 Å². The number of nitrogens with one attached hydrogen (secondary N) is 2. The van der Waals surface area contributed by atoms with Crippen LogP contribution in [0.2, 0.25) is 0 Å². The van der Waals surface area contributed by atoms with Gasteiger partial charge >= 0.3 is 0 Å². The maximum atomic E-state index is 5.10. The molecule has 2 rings (SSSR count). The molecule has 0 amide bonds. The van der Waals surface area contributed by atoms with Crippen molar-refractivity contribution in [3.63, 3.8) is 0 Å². The van der Waals surface area contributed by atoms with Crippen LogP contribution in [0.25, 0.3) is 0 Å². The van der Waals surface area contributed by atoms with Crippen LogP contribution in [0.5, 0.6) is 5.75 Å². The molecule has 0 radical (unpaired) electrons. The van der Waals surface area contributed by atoms with Crippen molar-refractivity contribution in [2.24, 2.45) is 5.92 Å². The van der Waals surface area contributed by atoms with Gasteiger partial charge in [0.25, 0.3) is 0 Å². The molecule has 2 N–H and O–H groups in total. The van der Waals surface area contributed by atoms with Gasteiger partial charge in [0, 0.05) is 12.1 Å². The minimum atomic E-state index is 0.493. The fourth-order valence-corrected chi connectivity index (χ4v) is 2.20. The highest BCUT2D eigenvalue weighted by molar-refractivity contribution is 5.38. The van der Waals surface area contributed by atoms with Crippen molar-refractivity contribution < 1.29 is 4.74 Å². The lowest BCUT2D eigenvalue weighted by molar-refractivity contribution is 0.313. The summed E-state index contributed by atoms with van der Waals surface area (Å²) in [6, 6.07) is 4.97. The van der Waals surface area contributed by atoms with Crippen LogP contribution in [0.1, 0.15) is 20.3 Å². The van der Waals surface area contributed by atoms with E-state index < -0.39 is 0 Å². The van der Waals surface area contributed by atoms with E-state index in [9.17, 15) is 0 Å². The summed E-state index contributed by atoms with van der Waals surface area (Å²) in [5.41, 5.74) is 0. The average Bonchev–Trinajstić information content (AvgIpc) is 2.35. The Morgan fingerprint density at radius 1 is 1.41 bits per heavy atom. The molecule has 0 unspecified atom stereocenters. The summed E-state index contributed by atoms with van der Waals surface area (Å²) in [5, 5.41) is 6.99. The second-order valence-corrected chi connectivity index (χ2v) is 4.86. The molecule has 0 aromatic carbocycles. The normalized spacial score (nSPS) is 28.8. The quantitative estimate of drug-likeness (QED) is 0.840. The van der Waals surface area contributed by atoms with Crippen LogP contribution in [-0.4, -0.2) is 30.7 Å². The molecule has 1 aliphatic heterocycles. The lowest BCUT2D eigenvalue weighted by atomic mass is 9.91. The molecule has 94 valence electrons. The average molecular weight is 235 g/mol. The number of piperidine rings is 1. The van der Waals surface area contributed by atoms with E-state index in [1.54, 1.807) is 13.3 Å². The lowest BCUT2D eigenvalue weighted by Gasteiger charge is -2.34. The van der Waals surface area contributed by atoms with E-state index in [-0.39, 0.29) is 0 Å². The number of pyridine rings is 1. The highest BCUT2D eigenvalue weighted by atomic mass is 16.5. The molecule has 0 bridgehead atoms. The van der Waals surface area contributed by atoms with E-state index in [1.165, 1.54) is 0 Å². The Bertz CT molecular complexity index is 352. The largest absolute Gasteiger partial charge is 0.495 e. The number of hydrogen-bond acceptors (Lipinski definition) is 4. The van der Waals surface area contributed by atoms with Crippen LogP contribution in [0.15, 0.2) is 18.3 Å². The Morgan fingerprint density at radius 2 is 2.24 bits per heavy atom. The van der Waals surface area contributed by atoms with Gasteiger partial charge in [0.1, 0.15) is 11.6 Å². The highest BCUT2D eigenvalue weighted by Gasteiger charge is 2.24. The van der Waals surface area contributed by atoms with Crippen molar-refractivity contribution in [3.05, 3.63) is 18.3 Å². The number of methoxy groups -OCH3 is 1. The van der Waals surface area contributed by atoms with Crippen LogP contribution in [0, 0.1) is 5.92 Å². The number of nitrogens with zero attached hydrogens (tertiary/aromatic N) is 1. The predicted octanol–water partition coefficient (Wildman–Crippen LogP) is 1.89. The molecule has 4 nitrogen and oxygen atoms in total. The van der Waals surface area contributed by atoms with Gasteiger partial charge in [-0.1, -0.05) is 6.92 Å². The second kappa shape index (κ2) is 5.36. The number of ether oxygens (including phenoxy) is 1. The molecular weight excluding hydrogens is 214 g/mol. The summed E-state index contributed by atoms with van der Waals surface area (Å²) >= 11 is 0. The molecule has 3 atom stereocenters. The second-order valence-electron chi connectivity index (χ2n) is 4.86. The summed E-state index contributed by atoms with van der Waals surface area (Å²) in [7, 11) is 1.65. The Balaban J connectivity index is 1.98. The van der Waals surface area contributed by atoms with Gasteiger partial charge in [0.2, 0.25) is 0 Å². The molecule has 1 aliphatic rings. The van der Waals surface area contributed by atoms with Gasteiger partial charge in [-0.2, -0.15) is 0 Å². The smallest absolute Gasteiger partial charge is 0.137 e. The fraction of sp³-hybridized carbons (Fsp3) is 0.615. The SMILES string of the molecule is COc1ccc(N[C@@H]2C[C@H](C)NC[C@H]2C)nc1. The summed E-state index contributed by atoms with van der Waals surface area (Å²) < 4.78 is 5.10. The molecule has 1 saturated heterocycles. The first-order valence-corrected chi connectivity index (χ1v) is 6.19. The number of anilines is 1. The first kappa shape index (κ1) is 12.2. The van der Waals surface area contributed by atoms with Crippen molar-refractivity contribution in [1.29, 1.82) is 0 Å². The molecule has 0 spiro atoms. The van der Waals surface area contributed by atoms with E-state index >= 15 is 0 Å². The zero-order chi connectivity index (χ0) is 12.3. The van der Waals surface area contributed by atoms with Crippen LogP contribution < -0.4 is 15.4 Å². The molecular formula is C13H21N3O. The van der Waals surface area contributed by atoms with Gasteiger partial charge in [0.15, 0.2) is 0 Å². The van der Waals surface area contributed by atoms with E-state index in [2.05, 4.69) is 29.5 Å². The molecule has 4 heteroatoms. The van der Waals surface area contributed by atoms with Gasteiger partial charge in [-0.05, 0) is 37.9 Å². The number of rotatable bonds is 3. The maximum absolute atomic E-state index is 5.10. The summed E-state index contributed by atoms with van der Waals surface area (Å²) in [4.78, 5) is 4.35. The minimum absolute atomic E-state index is 0.493. The molecule has 0 saturated carbocycles. The minimum Gasteiger partial charge on any atom is -0.495 e. The Kier molecular flexibility index (Phi) is 3.84. The number of hydrogen-bond donors (Lipinski definition) is 2. The van der Waals surface area contributed by atoms with E-state index in [0.29, 0.717) is 18.0 Å². The van der Waals surface area contributed by atoms with Crippen molar-refractivity contribution >= 4 is 5.82 Å². The van der Waals surface area contributed by atoms with Crippen LogP contribution in [0.3, 0.4) is 0 Å². The third-order valence-electron chi connectivity index (χ3n) is 3.39. The Labute approximate surface area is 103 Å². The van der Waals surface area contributed by atoms with Gasteiger partial charge < -0.3 is 15.4 Å². The third-order valence-corrected chi connectivity index (χ3v) is 3.39. The van der Waals surface area contributed by atoms with Gasteiger partial charge in [-0.15, -0.1) is 0 Å². The molecule has 1 aromatic heterocycles.